The molecule has 0 aromatic rings. The van der Waals surface area contributed by atoms with Crippen molar-refractivity contribution in [2.24, 2.45) is 0 Å². The summed E-state index contributed by atoms with van der Waals surface area (Å²) in [6.45, 7) is 16.5. The van der Waals surface area contributed by atoms with E-state index >= 15 is 0 Å². The van der Waals surface area contributed by atoms with Crippen LogP contribution >= 0.6 is 0 Å². The number of methoxy groups -OCH3 is 4. The van der Waals surface area contributed by atoms with Gasteiger partial charge in [-0.2, -0.15) is 0 Å². The van der Waals surface area contributed by atoms with Crippen molar-refractivity contribution in [3.63, 3.8) is 0 Å². The zero-order valence-electron chi connectivity index (χ0n) is 35.4. The summed E-state index contributed by atoms with van der Waals surface area (Å²) in [6, 6.07) is 0. The molecule has 0 amide bonds. The molecule has 0 fully saturated rings. The number of carboxylic acid groups (broad SMARTS) is 6. The van der Waals surface area contributed by atoms with Crippen molar-refractivity contribution in [2.45, 2.75) is 66.7 Å². The highest BCUT2D eigenvalue weighted by Gasteiger charge is 2.11. The Kier molecular flexibility index (Phi) is 47.3. The van der Waals surface area contributed by atoms with E-state index in [4.69, 9.17) is 30.6 Å². The molecule has 0 bridgehead atoms. The van der Waals surface area contributed by atoms with E-state index in [1.165, 1.54) is 63.1 Å². The largest absolute Gasteiger partial charge is 0.481 e. The molecule has 0 aliphatic rings. The molecule has 348 valence electrons. The van der Waals surface area contributed by atoms with E-state index in [0.717, 1.165) is 18.2 Å². The first-order valence-corrected chi connectivity index (χ1v) is 16.2. The molecule has 0 spiro atoms. The molecule has 0 heterocycles. The summed E-state index contributed by atoms with van der Waals surface area (Å²) in [4.78, 5) is 141. The smallest absolute Gasteiger partial charge is 0.333 e. The number of hydrogen-bond acceptors (Lipinski definition) is 18. The standard InChI is InChI=1S/C7H10O4.3C6H8O3.C5H8O4.C5H6O3.C3H4O4/c1-5(7(9)11-3)4-6(8)10-2;3*1-4(5(2)7)3-6(8)9;1-8-4(6)3-5(7)9-2;1-4(6)2-3-5(7)8;4-2(5)1-3(6)7/h1,4H2,2-3H3;3H,1-2H3,(H,8,9);2*1,3H2,2H3,(H,8,9);3H2,1-2H3;2-3H,1H3,(H,7,8);1H2,(H,4,5)(H,6,7)/b;4-3+;;;;3-2+;. The van der Waals surface area contributed by atoms with Gasteiger partial charge in [-0.1, -0.05) is 19.7 Å². The molecule has 0 unspecified atom stereocenters. The lowest BCUT2D eigenvalue weighted by molar-refractivity contribution is -0.152. The Morgan fingerprint density at radius 1 is 0.403 bits per heavy atom. The van der Waals surface area contributed by atoms with Gasteiger partial charge in [-0.3, -0.25) is 52.7 Å². The summed E-state index contributed by atoms with van der Waals surface area (Å²) in [5, 5.41) is 47.7. The number of hydrogen-bond donors (Lipinski definition) is 6. The fourth-order valence-corrected chi connectivity index (χ4v) is 1.94. The van der Waals surface area contributed by atoms with Crippen LogP contribution in [0.25, 0.3) is 0 Å². The molecule has 0 saturated heterocycles. The first-order valence-electron chi connectivity index (χ1n) is 16.2. The fraction of sp³-hybridized carbons (Fsp3) is 0.368. The molecule has 0 aliphatic carbocycles. The summed E-state index contributed by atoms with van der Waals surface area (Å²) in [5.74, 6) is -10.1. The van der Waals surface area contributed by atoms with Crippen LogP contribution in [0.5, 0.6) is 0 Å². The maximum Gasteiger partial charge on any atom is 0.333 e. The lowest BCUT2D eigenvalue weighted by Crippen LogP contribution is -2.09. The summed E-state index contributed by atoms with van der Waals surface area (Å²) < 4.78 is 17.0. The summed E-state index contributed by atoms with van der Waals surface area (Å²) in [5.41, 5.74) is 0.645. The third-order valence-corrected chi connectivity index (χ3v) is 5.19. The van der Waals surface area contributed by atoms with Gasteiger partial charge in [0.1, 0.15) is 12.8 Å². The molecule has 0 saturated carbocycles. The number of allylic oxidation sites excluding steroid dienone is 2. The molecule has 0 atom stereocenters. The third kappa shape index (κ3) is 66.9. The van der Waals surface area contributed by atoms with Crippen LogP contribution in [-0.2, 0) is 86.1 Å². The van der Waals surface area contributed by atoms with E-state index in [2.05, 4.69) is 38.7 Å². The topological polar surface area (TPSA) is 397 Å². The van der Waals surface area contributed by atoms with Crippen molar-refractivity contribution in [2.75, 3.05) is 28.4 Å². The first-order chi connectivity index (χ1) is 28.2. The Bertz CT molecular complexity index is 1630. The average molecular weight is 893 g/mol. The van der Waals surface area contributed by atoms with E-state index in [0.29, 0.717) is 0 Å². The van der Waals surface area contributed by atoms with Crippen LogP contribution in [0.4, 0.5) is 0 Å². The lowest BCUT2D eigenvalue weighted by Gasteiger charge is -2.00. The average Bonchev–Trinajstić information content (AvgIpc) is 3.13. The SMILES string of the molecule is C=C(CC(=O)O)C(C)=O.C=C(CC(=O)O)C(C)=O.C=C(CC(=O)OC)C(=O)OC.CC(=O)/C(C)=C/C(=O)O.CC(=O)/C=C/C(=O)O.COC(=O)CC(=O)OC.O=C(O)CC(=O)O. The van der Waals surface area contributed by atoms with Crippen LogP contribution in [-0.4, -0.2) is 142 Å². The van der Waals surface area contributed by atoms with Gasteiger partial charge in [0, 0.05) is 17.7 Å². The van der Waals surface area contributed by atoms with Gasteiger partial charge in [0.05, 0.1) is 47.7 Å². The molecule has 24 nitrogen and oxygen atoms in total. The predicted molar refractivity (Wildman–Crippen MR) is 210 cm³/mol. The summed E-state index contributed by atoms with van der Waals surface area (Å²) in [7, 11) is 4.90. The normalized spacial score (nSPS) is 8.95. The van der Waals surface area contributed by atoms with Crippen LogP contribution < -0.4 is 0 Å². The third-order valence-electron chi connectivity index (χ3n) is 5.19. The second-order valence-corrected chi connectivity index (χ2v) is 10.6. The minimum atomic E-state index is -1.31. The van der Waals surface area contributed by atoms with Gasteiger partial charge in [0.15, 0.2) is 23.1 Å². The van der Waals surface area contributed by atoms with Crippen molar-refractivity contribution < 1.29 is 117 Å². The molecule has 0 aromatic carbocycles. The van der Waals surface area contributed by atoms with Crippen LogP contribution in [0.1, 0.15) is 66.7 Å². The predicted octanol–water partition coefficient (Wildman–Crippen LogP) is 1.58. The first kappa shape index (κ1) is 68.7. The Hall–Kier alpha value is -7.92. The van der Waals surface area contributed by atoms with Gasteiger partial charge >= 0.3 is 59.7 Å². The number of carboxylic acids is 6. The van der Waals surface area contributed by atoms with Gasteiger partial charge in [0.2, 0.25) is 0 Å². The van der Waals surface area contributed by atoms with Crippen LogP contribution in [0.15, 0.2) is 60.3 Å². The molecular weight excluding hydrogens is 840 g/mol. The lowest BCUT2D eigenvalue weighted by atomic mass is 10.1. The van der Waals surface area contributed by atoms with E-state index in [9.17, 15) is 67.1 Å². The van der Waals surface area contributed by atoms with E-state index in [-0.39, 0.29) is 71.1 Å². The zero-order valence-corrected chi connectivity index (χ0v) is 35.4. The number of rotatable bonds is 17. The summed E-state index contributed by atoms with van der Waals surface area (Å²) >= 11 is 0. The van der Waals surface area contributed by atoms with Crippen molar-refractivity contribution in [1.29, 1.82) is 0 Å². The second kappa shape index (κ2) is 42.7. The van der Waals surface area contributed by atoms with Gasteiger partial charge in [0.25, 0.3) is 0 Å². The minimum absolute atomic E-state index is 0.0966. The quantitative estimate of drug-likeness (QED) is 0.0522. The number of carbonyl (C=O) groups excluding carboxylic acids is 8. The highest BCUT2D eigenvalue weighted by molar-refractivity contribution is 5.99. The second-order valence-electron chi connectivity index (χ2n) is 10.6. The number of ether oxygens (including phenoxy) is 4. The number of carbonyl (C=O) groups is 14. The maximum atomic E-state index is 10.6. The molecule has 62 heavy (non-hydrogen) atoms. The maximum absolute atomic E-state index is 10.6. The Morgan fingerprint density at radius 2 is 0.726 bits per heavy atom. The Morgan fingerprint density at radius 3 is 0.871 bits per heavy atom. The molecule has 24 heteroatoms. The molecule has 6 N–H and O–H groups in total. The summed E-state index contributed by atoms with van der Waals surface area (Å²) in [6.07, 6.45) is 0.952. The Labute approximate surface area is 354 Å². The highest BCUT2D eigenvalue weighted by Crippen LogP contribution is 2.01. The number of Topliss-reactive ketones (excluding diaryl/α,β-unsaturated/α-hetero) is 3. The molecule has 0 rings (SSSR count). The van der Waals surface area contributed by atoms with E-state index in [1.54, 1.807) is 0 Å². The van der Waals surface area contributed by atoms with Gasteiger partial charge < -0.3 is 49.6 Å². The molecular formula is C38H52O24. The van der Waals surface area contributed by atoms with Crippen LogP contribution in [0.2, 0.25) is 0 Å². The van der Waals surface area contributed by atoms with Crippen molar-refractivity contribution in [3.05, 3.63) is 60.3 Å². The monoisotopic (exact) mass is 892 g/mol. The Balaban J connectivity index is -0.000000114. The van der Waals surface area contributed by atoms with Gasteiger partial charge in [-0.25, -0.2) is 14.4 Å². The van der Waals surface area contributed by atoms with Crippen molar-refractivity contribution >= 4 is 82.8 Å². The van der Waals surface area contributed by atoms with Gasteiger partial charge in [-0.05, 0) is 57.4 Å². The zero-order chi connectivity index (χ0) is 50.9. The fourth-order valence-electron chi connectivity index (χ4n) is 1.94. The highest BCUT2D eigenvalue weighted by atomic mass is 16.5. The molecule has 0 aliphatic heterocycles. The number of ketones is 4. The number of esters is 4. The van der Waals surface area contributed by atoms with Crippen LogP contribution in [0, 0.1) is 0 Å². The molecule has 0 radical (unpaired) electrons. The molecule has 0 aromatic heterocycles. The van der Waals surface area contributed by atoms with Crippen LogP contribution in [0.3, 0.4) is 0 Å². The van der Waals surface area contributed by atoms with Crippen molar-refractivity contribution in [1.82, 2.24) is 0 Å². The van der Waals surface area contributed by atoms with Gasteiger partial charge in [-0.15, -0.1) is 0 Å². The van der Waals surface area contributed by atoms with Crippen molar-refractivity contribution in [3.8, 4) is 0 Å². The number of aliphatic carboxylic acids is 6. The van der Waals surface area contributed by atoms with E-state index < -0.39 is 66.1 Å². The minimum Gasteiger partial charge on any atom is -0.481 e. The van der Waals surface area contributed by atoms with E-state index in [1.807, 2.05) is 0 Å².